The van der Waals surface area contributed by atoms with Crippen molar-refractivity contribution < 1.29 is 14.2 Å². The molecule has 1 heterocycles. The fourth-order valence-corrected chi connectivity index (χ4v) is 3.13. The lowest BCUT2D eigenvalue weighted by molar-refractivity contribution is -0.0848. The lowest BCUT2D eigenvalue weighted by Crippen LogP contribution is -2.37. The SMILES string of the molecule is COc1cc(Cl)cc(CN)c1OC1CC(C)(C)OC1(C)C. The van der Waals surface area contributed by atoms with E-state index in [9.17, 15) is 0 Å². The van der Waals surface area contributed by atoms with E-state index in [2.05, 4.69) is 13.8 Å². The molecule has 0 aromatic heterocycles. The summed E-state index contributed by atoms with van der Waals surface area (Å²) in [4.78, 5) is 0. The zero-order chi connectivity index (χ0) is 15.8. The van der Waals surface area contributed by atoms with Crippen molar-refractivity contribution in [2.45, 2.75) is 58.0 Å². The fraction of sp³-hybridized carbons (Fsp3) is 0.625. The summed E-state index contributed by atoms with van der Waals surface area (Å²) in [6.07, 6.45) is 0.725. The van der Waals surface area contributed by atoms with Gasteiger partial charge in [0.2, 0.25) is 0 Å². The molecule has 2 N–H and O–H groups in total. The summed E-state index contributed by atoms with van der Waals surface area (Å²) in [5.41, 5.74) is 6.06. The molecule has 1 aromatic carbocycles. The minimum atomic E-state index is -0.375. The van der Waals surface area contributed by atoms with E-state index in [0.29, 0.717) is 23.1 Å². The van der Waals surface area contributed by atoms with E-state index in [1.807, 2.05) is 19.9 Å². The van der Waals surface area contributed by atoms with Gasteiger partial charge in [0.05, 0.1) is 12.7 Å². The maximum Gasteiger partial charge on any atom is 0.166 e. The predicted molar refractivity (Wildman–Crippen MR) is 84.2 cm³/mol. The Balaban J connectivity index is 2.35. The van der Waals surface area contributed by atoms with Crippen LogP contribution >= 0.6 is 11.6 Å². The third-order valence-corrected chi connectivity index (χ3v) is 4.01. The van der Waals surface area contributed by atoms with Crippen LogP contribution in [0.3, 0.4) is 0 Å². The lowest BCUT2D eigenvalue weighted by Gasteiger charge is -2.28. The van der Waals surface area contributed by atoms with Gasteiger partial charge >= 0.3 is 0 Å². The number of methoxy groups -OCH3 is 1. The van der Waals surface area contributed by atoms with E-state index in [1.54, 1.807) is 13.2 Å². The topological polar surface area (TPSA) is 53.7 Å². The van der Waals surface area contributed by atoms with Crippen LogP contribution in [-0.4, -0.2) is 24.4 Å². The molecule has 118 valence electrons. The zero-order valence-corrected chi connectivity index (χ0v) is 14.1. The second-order valence-corrected chi connectivity index (χ2v) is 7.01. The van der Waals surface area contributed by atoms with Crippen LogP contribution in [0.2, 0.25) is 5.02 Å². The molecule has 21 heavy (non-hydrogen) atoms. The molecule has 0 aliphatic carbocycles. The molecule has 1 atom stereocenters. The maximum atomic E-state index is 6.24. The average molecular weight is 314 g/mol. The quantitative estimate of drug-likeness (QED) is 0.924. The van der Waals surface area contributed by atoms with Gasteiger partial charge in [-0.05, 0) is 33.8 Å². The van der Waals surface area contributed by atoms with Crippen LogP contribution in [0.4, 0.5) is 0 Å². The Morgan fingerprint density at radius 3 is 2.48 bits per heavy atom. The van der Waals surface area contributed by atoms with Gasteiger partial charge in [0.25, 0.3) is 0 Å². The summed E-state index contributed by atoms with van der Waals surface area (Å²) in [6.45, 7) is 8.56. The second kappa shape index (κ2) is 5.67. The number of halogens is 1. The number of benzene rings is 1. The highest BCUT2D eigenvalue weighted by Crippen LogP contribution is 2.43. The third-order valence-electron chi connectivity index (χ3n) is 3.79. The lowest BCUT2D eigenvalue weighted by atomic mass is 9.97. The number of rotatable bonds is 4. The van der Waals surface area contributed by atoms with Crippen LogP contribution < -0.4 is 15.2 Å². The first-order chi connectivity index (χ1) is 9.68. The average Bonchev–Trinajstić information content (AvgIpc) is 2.58. The summed E-state index contributed by atoms with van der Waals surface area (Å²) >= 11 is 6.08. The van der Waals surface area contributed by atoms with Crippen molar-refractivity contribution in [1.29, 1.82) is 0 Å². The molecule has 0 amide bonds. The Morgan fingerprint density at radius 2 is 2.00 bits per heavy atom. The number of hydrogen-bond acceptors (Lipinski definition) is 4. The van der Waals surface area contributed by atoms with Gasteiger partial charge in [0, 0.05) is 29.6 Å². The first kappa shape index (κ1) is 16.4. The van der Waals surface area contributed by atoms with Gasteiger partial charge < -0.3 is 19.9 Å². The largest absolute Gasteiger partial charge is 0.493 e. The first-order valence-corrected chi connectivity index (χ1v) is 7.49. The van der Waals surface area contributed by atoms with Gasteiger partial charge in [-0.25, -0.2) is 0 Å². The summed E-state index contributed by atoms with van der Waals surface area (Å²) in [6, 6.07) is 3.55. The van der Waals surface area contributed by atoms with Crippen molar-refractivity contribution in [3.8, 4) is 11.5 Å². The summed E-state index contributed by atoms with van der Waals surface area (Å²) < 4.78 is 17.7. The normalized spacial score (nSPS) is 23.1. The van der Waals surface area contributed by atoms with Gasteiger partial charge in [-0.3, -0.25) is 0 Å². The molecule has 2 rings (SSSR count). The first-order valence-electron chi connectivity index (χ1n) is 7.12. The summed E-state index contributed by atoms with van der Waals surface area (Å²) in [7, 11) is 1.60. The highest BCUT2D eigenvalue weighted by atomic mass is 35.5. The van der Waals surface area contributed by atoms with E-state index < -0.39 is 0 Å². The van der Waals surface area contributed by atoms with Crippen molar-refractivity contribution in [1.82, 2.24) is 0 Å². The fourth-order valence-electron chi connectivity index (χ4n) is 2.90. The van der Waals surface area contributed by atoms with Crippen molar-refractivity contribution in [3.05, 3.63) is 22.7 Å². The van der Waals surface area contributed by atoms with E-state index in [4.69, 9.17) is 31.5 Å². The monoisotopic (exact) mass is 313 g/mol. The van der Waals surface area contributed by atoms with E-state index >= 15 is 0 Å². The van der Waals surface area contributed by atoms with Gasteiger partial charge in [0.15, 0.2) is 11.5 Å². The third kappa shape index (κ3) is 3.44. The molecular formula is C16H24ClNO3. The Bertz CT molecular complexity index is 503. The predicted octanol–water partition coefficient (Wildman–Crippen LogP) is 3.53. The minimum Gasteiger partial charge on any atom is -0.493 e. The van der Waals surface area contributed by atoms with Crippen LogP contribution in [0.5, 0.6) is 11.5 Å². The highest BCUT2D eigenvalue weighted by Gasteiger charge is 2.47. The minimum absolute atomic E-state index is 0.0760. The van der Waals surface area contributed by atoms with Crippen molar-refractivity contribution in [2.24, 2.45) is 5.73 Å². The Labute approximate surface area is 131 Å². The molecule has 1 unspecified atom stereocenters. The molecule has 0 spiro atoms. The number of hydrogen-bond donors (Lipinski definition) is 1. The van der Waals surface area contributed by atoms with Crippen LogP contribution in [0.25, 0.3) is 0 Å². The molecule has 0 radical (unpaired) electrons. The second-order valence-electron chi connectivity index (χ2n) is 6.58. The number of nitrogens with two attached hydrogens (primary N) is 1. The van der Waals surface area contributed by atoms with Crippen molar-refractivity contribution in [3.63, 3.8) is 0 Å². The molecule has 0 saturated carbocycles. The van der Waals surface area contributed by atoms with E-state index in [-0.39, 0.29) is 17.3 Å². The molecule has 1 aromatic rings. The van der Waals surface area contributed by atoms with Crippen molar-refractivity contribution in [2.75, 3.05) is 7.11 Å². The molecule has 1 aliphatic heterocycles. The molecule has 5 heteroatoms. The van der Waals surface area contributed by atoms with Gasteiger partial charge in [-0.2, -0.15) is 0 Å². The Kier molecular flexibility index (Phi) is 4.43. The molecule has 4 nitrogen and oxygen atoms in total. The molecule has 0 bridgehead atoms. The zero-order valence-electron chi connectivity index (χ0n) is 13.3. The molecule has 1 saturated heterocycles. The van der Waals surface area contributed by atoms with Crippen LogP contribution in [0.15, 0.2) is 12.1 Å². The molecule has 1 aliphatic rings. The molecule has 1 fully saturated rings. The van der Waals surface area contributed by atoms with Crippen LogP contribution in [0, 0.1) is 0 Å². The van der Waals surface area contributed by atoms with E-state index in [0.717, 1.165) is 12.0 Å². The van der Waals surface area contributed by atoms with Gasteiger partial charge in [-0.1, -0.05) is 11.6 Å². The maximum absolute atomic E-state index is 6.24. The van der Waals surface area contributed by atoms with Crippen LogP contribution in [-0.2, 0) is 11.3 Å². The van der Waals surface area contributed by atoms with Crippen molar-refractivity contribution >= 4 is 11.6 Å². The smallest absolute Gasteiger partial charge is 0.166 e. The Hall–Kier alpha value is -0.970. The van der Waals surface area contributed by atoms with Crippen LogP contribution in [0.1, 0.15) is 39.7 Å². The highest BCUT2D eigenvalue weighted by molar-refractivity contribution is 6.30. The van der Waals surface area contributed by atoms with E-state index in [1.165, 1.54) is 0 Å². The standard InChI is InChI=1S/C16H24ClNO3/c1-15(2)8-13(16(3,4)21-15)20-14-10(9-18)6-11(17)7-12(14)19-5/h6-7,13H,8-9,18H2,1-5H3. The van der Waals surface area contributed by atoms with Gasteiger partial charge in [0.1, 0.15) is 11.7 Å². The summed E-state index contributed by atoms with van der Waals surface area (Å²) in [5, 5.41) is 0.585. The summed E-state index contributed by atoms with van der Waals surface area (Å²) in [5.74, 6) is 1.26. The number of ether oxygens (including phenoxy) is 3. The molecular weight excluding hydrogens is 290 g/mol. The Morgan fingerprint density at radius 1 is 1.33 bits per heavy atom. The van der Waals surface area contributed by atoms with Gasteiger partial charge in [-0.15, -0.1) is 0 Å².